The van der Waals surface area contributed by atoms with Gasteiger partial charge in [-0.2, -0.15) is 0 Å². The lowest BCUT2D eigenvalue weighted by atomic mass is 9.75. The van der Waals surface area contributed by atoms with Gasteiger partial charge < -0.3 is 25.6 Å². The second kappa shape index (κ2) is 13.8. The molecule has 0 heterocycles. The summed E-state index contributed by atoms with van der Waals surface area (Å²) in [5, 5.41) is 26.7. The van der Waals surface area contributed by atoms with Crippen molar-refractivity contribution in [3.05, 3.63) is 101 Å². The number of aliphatic hydroxyl groups is 1. The number of amides is 1. The van der Waals surface area contributed by atoms with Crippen LogP contribution in [0.3, 0.4) is 0 Å². The Bertz CT molecular complexity index is 1240. The number of carboxylic acid groups (broad SMARTS) is 1. The van der Waals surface area contributed by atoms with Crippen LogP contribution < -0.4 is 15.4 Å². The highest BCUT2D eigenvalue weighted by atomic mass is 19.1. The molecule has 40 heavy (non-hydrogen) atoms. The molecule has 7 heteroatoms. The van der Waals surface area contributed by atoms with Crippen LogP contribution in [-0.4, -0.2) is 35.0 Å². The Labute approximate surface area is 236 Å². The highest BCUT2D eigenvalue weighted by Crippen LogP contribution is 2.38. The minimum absolute atomic E-state index is 0.125. The molecule has 0 aliphatic heterocycles. The number of benzene rings is 3. The fourth-order valence-corrected chi connectivity index (χ4v) is 5.58. The summed E-state index contributed by atoms with van der Waals surface area (Å²) in [7, 11) is 0. The van der Waals surface area contributed by atoms with Crippen molar-refractivity contribution in [3.63, 3.8) is 0 Å². The smallest absolute Gasteiger partial charge is 0.404 e. The van der Waals surface area contributed by atoms with Crippen molar-refractivity contribution >= 4 is 6.09 Å². The molecule has 0 radical (unpaired) electrons. The maximum Gasteiger partial charge on any atom is 0.404 e. The van der Waals surface area contributed by atoms with Crippen molar-refractivity contribution in [2.45, 2.75) is 82.6 Å². The van der Waals surface area contributed by atoms with E-state index in [-0.39, 0.29) is 30.9 Å². The molecule has 6 nitrogen and oxygen atoms in total. The molecule has 1 aliphatic carbocycles. The van der Waals surface area contributed by atoms with E-state index in [1.165, 1.54) is 23.6 Å². The van der Waals surface area contributed by atoms with E-state index < -0.39 is 24.1 Å². The predicted molar refractivity (Wildman–Crippen MR) is 155 cm³/mol. The van der Waals surface area contributed by atoms with Crippen molar-refractivity contribution in [2.24, 2.45) is 0 Å². The van der Waals surface area contributed by atoms with Gasteiger partial charge in [-0.25, -0.2) is 9.18 Å². The number of hydrogen-bond donors (Lipinski definition) is 4. The van der Waals surface area contributed by atoms with E-state index in [0.717, 1.165) is 31.2 Å². The SMILES string of the molecule is CC(C)c1cccc(C2(NC[C@@H](O)[C@H](Cc3ccc(OCc4ccccc4)c(F)c3)NC(=O)O)CCCCC2)c1. The maximum absolute atomic E-state index is 14.8. The van der Waals surface area contributed by atoms with E-state index in [0.29, 0.717) is 11.5 Å². The predicted octanol–water partition coefficient (Wildman–Crippen LogP) is 6.52. The molecule has 4 N–H and O–H groups in total. The van der Waals surface area contributed by atoms with Gasteiger partial charge in [-0.1, -0.05) is 93.8 Å². The van der Waals surface area contributed by atoms with E-state index in [1.807, 2.05) is 30.3 Å². The molecule has 0 spiro atoms. The molecule has 1 saturated carbocycles. The Morgan fingerprint density at radius 3 is 2.40 bits per heavy atom. The van der Waals surface area contributed by atoms with Gasteiger partial charge in [0.15, 0.2) is 11.6 Å². The van der Waals surface area contributed by atoms with Crippen molar-refractivity contribution < 1.29 is 24.1 Å². The van der Waals surface area contributed by atoms with Crippen molar-refractivity contribution in [2.75, 3.05) is 6.54 Å². The molecule has 3 aromatic carbocycles. The number of rotatable bonds is 12. The van der Waals surface area contributed by atoms with Crippen LogP contribution in [0.1, 0.15) is 74.1 Å². The molecule has 0 aromatic heterocycles. The third-order valence-corrected chi connectivity index (χ3v) is 7.92. The second-order valence-corrected chi connectivity index (χ2v) is 11.2. The second-order valence-electron chi connectivity index (χ2n) is 11.2. The summed E-state index contributed by atoms with van der Waals surface area (Å²) in [4.78, 5) is 11.6. The van der Waals surface area contributed by atoms with E-state index in [1.54, 1.807) is 12.1 Å². The molecule has 0 unspecified atom stereocenters. The number of aliphatic hydroxyl groups excluding tert-OH is 1. The van der Waals surface area contributed by atoms with Gasteiger partial charge in [0, 0.05) is 12.1 Å². The van der Waals surface area contributed by atoms with Crippen LogP contribution in [0, 0.1) is 5.82 Å². The quantitative estimate of drug-likeness (QED) is 0.207. The van der Waals surface area contributed by atoms with Crippen LogP contribution in [-0.2, 0) is 18.6 Å². The molecular weight excluding hydrogens is 507 g/mol. The first kappa shape index (κ1) is 29.6. The lowest BCUT2D eigenvalue weighted by Crippen LogP contribution is -2.53. The van der Waals surface area contributed by atoms with Crippen LogP contribution in [0.2, 0.25) is 0 Å². The van der Waals surface area contributed by atoms with Gasteiger partial charge in [-0.15, -0.1) is 0 Å². The van der Waals surface area contributed by atoms with Crippen LogP contribution in [0.25, 0.3) is 0 Å². The van der Waals surface area contributed by atoms with Gasteiger partial charge in [0.05, 0.1) is 12.1 Å². The Morgan fingerprint density at radius 2 is 1.73 bits per heavy atom. The Balaban J connectivity index is 1.44. The first-order valence-corrected chi connectivity index (χ1v) is 14.2. The van der Waals surface area contributed by atoms with Crippen molar-refractivity contribution in [1.82, 2.24) is 10.6 Å². The molecule has 2 atom stereocenters. The van der Waals surface area contributed by atoms with Gasteiger partial charge in [-0.3, -0.25) is 0 Å². The van der Waals surface area contributed by atoms with Gasteiger partial charge in [0.2, 0.25) is 0 Å². The van der Waals surface area contributed by atoms with Crippen LogP contribution in [0.5, 0.6) is 5.75 Å². The largest absolute Gasteiger partial charge is 0.486 e. The van der Waals surface area contributed by atoms with Gasteiger partial charge in [0.1, 0.15) is 6.61 Å². The van der Waals surface area contributed by atoms with E-state index >= 15 is 0 Å². The Kier molecular flexibility index (Phi) is 10.2. The number of halogens is 1. The first-order valence-electron chi connectivity index (χ1n) is 14.2. The minimum atomic E-state index is -1.23. The average molecular weight is 549 g/mol. The molecular formula is C33H41FN2O4. The van der Waals surface area contributed by atoms with E-state index in [2.05, 4.69) is 48.7 Å². The minimum Gasteiger partial charge on any atom is -0.486 e. The third-order valence-electron chi connectivity index (χ3n) is 7.92. The number of nitrogens with one attached hydrogen (secondary N) is 2. The number of ether oxygens (including phenoxy) is 1. The average Bonchev–Trinajstić information content (AvgIpc) is 2.96. The Hall–Kier alpha value is -3.42. The monoisotopic (exact) mass is 548 g/mol. The molecule has 1 amide bonds. The van der Waals surface area contributed by atoms with Crippen LogP contribution in [0.15, 0.2) is 72.8 Å². The fourth-order valence-electron chi connectivity index (χ4n) is 5.58. The molecule has 1 fully saturated rings. The first-order chi connectivity index (χ1) is 19.3. The molecule has 3 aromatic rings. The van der Waals surface area contributed by atoms with Gasteiger partial charge >= 0.3 is 6.09 Å². The van der Waals surface area contributed by atoms with Crippen molar-refractivity contribution in [3.8, 4) is 5.75 Å². The zero-order chi connectivity index (χ0) is 28.5. The van der Waals surface area contributed by atoms with Gasteiger partial charge in [-0.05, 0) is 59.6 Å². The highest BCUT2D eigenvalue weighted by Gasteiger charge is 2.35. The molecule has 0 bridgehead atoms. The summed E-state index contributed by atoms with van der Waals surface area (Å²) in [5.74, 6) is 0.00703. The number of carbonyl (C=O) groups is 1. The zero-order valence-corrected chi connectivity index (χ0v) is 23.4. The van der Waals surface area contributed by atoms with E-state index in [9.17, 15) is 19.4 Å². The summed E-state index contributed by atoms with van der Waals surface area (Å²) in [6.07, 6.45) is 3.15. The van der Waals surface area contributed by atoms with Crippen LogP contribution >= 0.6 is 0 Å². The molecule has 214 valence electrons. The lowest BCUT2D eigenvalue weighted by Gasteiger charge is -2.40. The summed E-state index contributed by atoms with van der Waals surface area (Å²) >= 11 is 0. The van der Waals surface area contributed by atoms with Crippen molar-refractivity contribution in [1.29, 1.82) is 0 Å². The number of hydrogen-bond acceptors (Lipinski definition) is 4. The van der Waals surface area contributed by atoms with Crippen LogP contribution in [0.4, 0.5) is 9.18 Å². The normalized spacial score (nSPS) is 16.3. The summed E-state index contributed by atoms with van der Waals surface area (Å²) in [5.41, 5.74) is 3.70. The maximum atomic E-state index is 14.8. The third kappa shape index (κ3) is 7.83. The fraction of sp³-hybridized carbons (Fsp3) is 0.424. The topological polar surface area (TPSA) is 90.8 Å². The standard InChI is InChI=1S/C33H41FN2O4/c1-23(2)26-12-9-13-27(20-26)33(16-7-4-8-17-33)35-21-30(37)29(36-32(38)39)19-25-14-15-31(28(34)18-25)40-22-24-10-5-3-6-11-24/h3,5-6,9-15,18,20,23,29-30,35-37H,4,7-8,16-17,19,21-22H2,1-2H3,(H,38,39)/t29-,30+/m0/s1. The Morgan fingerprint density at radius 1 is 0.975 bits per heavy atom. The summed E-state index contributed by atoms with van der Waals surface area (Å²) < 4.78 is 20.5. The lowest BCUT2D eigenvalue weighted by molar-refractivity contribution is 0.100. The molecule has 1 aliphatic rings. The van der Waals surface area contributed by atoms with Gasteiger partial charge in [0.25, 0.3) is 0 Å². The van der Waals surface area contributed by atoms with E-state index in [4.69, 9.17) is 4.74 Å². The zero-order valence-electron chi connectivity index (χ0n) is 23.4. The molecule has 0 saturated heterocycles. The summed E-state index contributed by atoms with van der Waals surface area (Å²) in [6.45, 7) is 4.80. The highest BCUT2D eigenvalue weighted by molar-refractivity contribution is 5.65. The summed E-state index contributed by atoms with van der Waals surface area (Å²) in [6, 6.07) is 21.9. The molecule has 4 rings (SSSR count).